The summed E-state index contributed by atoms with van der Waals surface area (Å²) in [6, 6.07) is 36.5. The predicted molar refractivity (Wildman–Crippen MR) is 169 cm³/mol. The molecule has 1 saturated heterocycles. The summed E-state index contributed by atoms with van der Waals surface area (Å²) in [5.74, 6) is -1.18. The molecule has 1 N–H and O–H groups in total. The number of carbonyl (C=O) groups is 2. The van der Waals surface area contributed by atoms with E-state index in [4.69, 9.17) is 35.4 Å². The number of carbonyl (C=O) groups excluding carboxylic acids is 2. The van der Waals surface area contributed by atoms with E-state index in [9.17, 15) is 9.59 Å². The molecule has 6 rings (SSSR count). The minimum Gasteiger partial charge on any atom is -0.309 e. The van der Waals surface area contributed by atoms with Crippen LogP contribution in [0.4, 0.5) is 5.69 Å². The van der Waals surface area contributed by atoms with Crippen LogP contribution in [-0.2, 0) is 9.59 Å². The van der Waals surface area contributed by atoms with Crippen LogP contribution in [0, 0.1) is 0 Å². The maximum Gasteiger partial charge on any atom is 0.270 e. The Balaban J connectivity index is 1.59. The Labute approximate surface area is 252 Å². The molecular formula is C33H21Cl2N3O2S. The number of para-hydroxylation sites is 1. The van der Waals surface area contributed by atoms with Gasteiger partial charge in [-0.05, 0) is 65.8 Å². The van der Waals surface area contributed by atoms with Crippen molar-refractivity contribution in [3.63, 3.8) is 0 Å². The Morgan fingerprint density at radius 3 is 1.98 bits per heavy atom. The molecule has 0 bridgehead atoms. The van der Waals surface area contributed by atoms with Gasteiger partial charge in [0.1, 0.15) is 5.57 Å². The van der Waals surface area contributed by atoms with E-state index >= 15 is 0 Å². The third-order valence-corrected chi connectivity index (χ3v) is 7.54. The number of hydrogen-bond donors (Lipinski definition) is 1. The van der Waals surface area contributed by atoms with E-state index in [-0.39, 0.29) is 15.7 Å². The van der Waals surface area contributed by atoms with E-state index in [1.165, 1.54) is 11.0 Å². The summed E-state index contributed by atoms with van der Waals surface area (Å²) in [6.45, 7) is 0. The van der Waals surface area contributed by atoms with Crippen LogP contribution in [-0.4, -0.2) is 21.5 Å². The van der Waals surface area contributed by atoms with Crippen LogP contribution in [0.2, 0.25) is 10.0 Å². The van der Waals surface area contributed by atoms with Gasteiger partial charge in [0.15, 0.2) is 5.11 Å². The number of benzene rings is 4. The fourth-order valence-electron chi connectivity index (χ4n) is 4.89. The van der Waals surface area contributed by atoms with Crippen molar-refractivity contribution in [1.82, 2.24) is 9.88 Å². The molecule has 5 aromatic rings. The first-order chi connectivity index (χ1) is 19.9. The van der Waals surface area contributed by atoms with E-state index in [1.807, 2.05) is 97.1 Å². The van der Waals surface area contributed by atoms with Crippen LogP contribution in [0.1, 0.15) is 5.56 Å². The van der Waals surface area contributed by atoms with Gasteiger partial charge in [-0.2, -0.15) is 0 Å². The highest BCUT2D eigenvalue weighted by Crippen LogP contribution is 2.38. The van der Waals surface area contributed by atoms with E-state index < -0.39 is 11.8 Å². The molecule has 1 fully saturated rings. The van der Waals surface area contributed by atoms with Crippen molar-refractivity contribution < 1.29 is 9.59 Å². The van der Waals surface area contributed by atoms with Gasteiger partial charge in [0.25, 0.3) is 11.8 Å². The van der Waals surface area contributed by atoms with Crippen molar-refractivity contribution in [2.24, 2.45) is 0 Å². The van der Waals surface area contributed by atoms with Gasteiger partial charge in [-0.1, -0.05) is 102 Å². The van der Waals surface area contributed by atoms with Crippen LogP contribution in [0.5, 0.6) is 0 Å². The van der Waals surface area contributed by atoms with Gasteiger partial charge in [-0.25, -0.2) is 0 Å². The van der Waals surface area contributed by atoms with Crippen LogP contribution in [0.15, 0.2) is 121 Å². The summed E-state index contributed by atoms with van der Waals surface area (Å²) in [5.41, 5.74) is 5.50. The number of halogens is 2. The lowest BCUT2D eigenvalue weighted by Crippen LogP contribution is -2.54. The number of anilines is 1. The fraction of sp³-hybridized carbons (Fsp3) is 0. The molecule has 2 heterocycles. The van der Waals surface area contributed by atoms with E-state index in [1.54, 1.807) is 18.2 Å². The second kappa shape index (κ2) is 11.2. The monoisotopic (exact) mass is 593 g/mol. The number of hydrogen-bond acceptors (Lipinski definition) is 3. The zero-order valence-electron chi connectivity index (χ0n) is 21.4. The summed E-state index contributed by atoms with van der Waals surface area (Å²) in [6.07, 6.45) is 1.62. The highest BCUT2D eigenvalue weighted by Gasteiger charge is 2.36. The number of rotatable bonds is 5. The highest BCUT2D eigenvalue weighted by atomic mass is 35.5. The molecule has 0 atom stereocenters. The molecule has 5 nitrogen and oxygen atoms in total. The Morgan fingerprint density at radius 1 is 0.732 bits per heavy atom. The fourth-order valence-corrected chi connectivity index (χ4v) is 5.66. The lowest BCUT2D eigenvalue weighted by molar-refractivity contribution is -0.122. The first kappa shape index (κ1) is 26.7. The van der Waals surface area contributed by atoms with Crippen molar-refractivity contribution in [2.75, 3.05) is 4.90 Å². The zero-order valence-corrected chi connectivity index (χ0v) is 23.8. The molecule has 0 saturated carbocycles. The molecule has 1 aromatic heterocycles. The van der Waals surface area contributed by atoms with Gasteiger partial charge in [-0.15, -0.1) is 0 Å². The number of thiocarbonyl (C=S) groups is 1. The molecule has 0 radical (unpaired) electrons. The molecule has 200 valence electrons. The molecular weight excluding hydrogens is 573 g/mol. The standard InChI is InChI=1S/C33H21Cl2N3O2S/c34-24-16-17-28(27(35)20-24)38-32(40)26(31(39)36-33(38)41)18-23-19-29(21-10-4-1-5-11-21)37(25-14-8-3-9-15-25)30(23)22-12-6-2-7-13-22/h1-20H,(H,36,39,41)/b26-18+. The molecule has 0 spiro atoms. The second-order valence-electron chi connectivity index (χ2n) is 9.29. The van der Waals surface area contributed by atoms with Crippen LogP contribution >= 0.6 is 35.4 Å². The Kier molecular flexibility index (Phi) is 7.28. The third kappa shape index (κ3) is 5.09. The van der Waals surface area contributed by atoms with Gasteiger partial charge < -0.3 is 4.57 Å². The van der Waals surface area contributed by atoms with Gasteiger partial charge in [-0.3, -0.25) is 19.8 Å². The van der Waals surface area contributed by atoms with Crippen molar-refractivity contribution in [1.29, 1.82) is 0 Å². The minimum atomic E-state index is -0.589. The van der Waals surface area contributed by atoms with Gasteiger partial charge in [0.2, 0.25) is 0 Å². The number of amides is 2. The number of aromatic nitrogens is 1. The molecule has 8 heteroatoms. The molecule has 0 unspecified atom stereocenters. The van der Waals surface area contributed by atoms with E-state index in [0.29, 0.717) is 16.3 Å². The Morgan fingerprint density at radius 2 is 1.34 bits per heavy atom. The molecule has 0 aliphatic carbocycles. The Bertz CT molecular complexity index is 1840. The van der Waals surface area contributed by atoms with Gasteiger partial charge in [0.05, 0.1) is 22.1 Å². The quantitative estimate of drug-likeness (QED) is 0.128. The van der Waals surface area contributed by atoms with Crippen LogP contribution < -0.4 is 10.2 Å². The average molecular weight is 595 g/mol. The molecule has 1 aliphatic heterocycles. The third-order valence-electron chi connectivity index (χ3n) is 6.71. The topological polar surface area (TPSA) is 54.3 Å². The summed E-state index contributed by atoms with van der Waals surface area (Å²) < 4.78 is 2.14. The van der Waals surface area contributed by atoms with E-state index in [0.717, 1.165) is 28.2 Å². The zero-order chi connectivity index (χ0) is 28.5. The maximum absolute atomic E-state index is 13.9. The predicted octanol–water partition coefficient (Wildman–Crippen LogP) is 7.95. The second-order valence-corrected chi connectivity index (χ2v) is 10.5. The van der Waals surface area contributed by atoms with Gasteiger partial charge in [0, 0.05) is 16.3 Å². The molecule has 4 aromatic carbocycles. The SMILES string of the molecule is O=C1NC(=S)N(c2ccc(Cl)cc2Cl)C(=O)/C1=C/c1cc(-c2ccccc2)n(-c2ccccc2)c1-c1ccccc1. The summed E-state index contributed by atoms with van der Waals surface area (Å²) >= 11 is 17.9. The first-order valence-electron chi connectivity index (χ1n) is 12.7. The lowest BCUT2D eigenvalue weighted by atomic mass is 10.0. The van der Waals surface area contributed by atoms with Crippen molar-refractivity contribution >= 4 is 64.1 Å². The number of nitrogens with zero attached hydrogens (tertiary/aromatic N) is 2. The van der Waals surface area contributed by atoms with Crippen LogP contribution in [0.25, 0.3) is 34.3 Å². The summed E-state index contributed by atoms with van der Waals surface area (Å²) in [7, 11) is 0. The lowest BCUT2D eigenvalue weighted by Gasteiger charge is -2.29. The largest absolute Gasteiger partial charge is 0.309 e. The van der Waals surface area contributed by atoms with Crippen molar-refractivity contribution in [3.8, 4) is 28.2 Å². The minimum absolute atomic E-state index is 0.0588. The summed E-state index contributed by atoms with van der Waals surface area (Å²) in [4.78, 5) is 28.3. The smallest absolute Gasteiger partial charge is 0.270 e. The maximum atomic E-state index is 13.9. The molecule has 1 aliphatic rings. The van der Waals surface area contributed by atoms with Crippen molar-refractivity contribution in [3.05, 3.63) is 136 Å². The number of nitrogens with one attached hydrogen (secondary N) is 1. The van der Waals surface area contributed by atoms with Crippen molar-refractivity contribution in [2.45, 2.75) is 0 Å². The highest BCUT2D eigenvalue weighted by molar-refractivity contribution is 7.80. The summed E-state index contributed by atoms with van der Waals surface area (Å²) in [5, 5.41) is 3.23. The van der Waals surface area contributed by atoms with Crippen LogP contribution in [0.3, 0.4) is 0 Å². The molecule has 41 heavy (non-hydrogen) atoms. The Hall–Kier alpha value is -4.49. The average Bonchev–Trinajstić information content (AvgIpc) is 3.37. The molecule has 2 amide bonds. The normalized spacial score (nSPS) is 14.4. The van der Waals surface area contributed by atoms with Gasteiger partial charge >= 0.3 is 0 Å². The van der Waals surface area contributed by atoms with E-state index in [2.05, 4.69) is 9.88 Å². The first-order valence-corrected chi connectivity index (χ1v) is 13.9.